The topological polar surface area (TPSA) is 37.3 Å². The van der Waals surface area contributed by atoms with Crippen molar-refractivity contribution in [2.45, 2.75) is 78.6 Å². The highest BCUT2D eigenvalue weighted by Crippen LogP contribution is 2.26. The predicted octanol–water partition coefficient (Wildman–Crippen LogP) is 6.23. The van der Waals surface area contributed by atoms with Crippen molar-refractivity contribution in [3.63, 3.8) is 0 Å². The molecule has 0 rings (SSSR count). The average Bonchev–Trinajstić information content (AvgIpc) is 2.45. The molecule has 0 aromatic rings. The second kappa shape index (κ2) is 13.6. The fourth-order valence-corrected chi connectivity index (χ4v) is 2.85. The van der Waals surface area contributed by atoms with Gasteiger partial charge in [-0.15, -0.1) is 6.58 Å². The zero-order valence-corrected chi connectivity index (χ0v) is 14.9. The van der Waals surface area contributed by atoms with Gasteiger partial charge >= 0.3 is 5.97 Å². The lowest BCUT2D eigenvalue weighted by Crippen LogP contribution is -2.12. The van der Waals surface area contributed by atoms with Crippen LogP contribution in [-0.4, -0.2) is 11.1 Å². The van der Waals surface area contributed by atoms with Crippen molar-refractivity contribution in [3.8, 4) is 0 Å². The van der Waals surface area contributed by atoms with Crippen molar-refractivity contribution < 1.29 is 9.90 Å². The Hall–Kier alpha value is -1.05. The van der Waals surface area contributed by atoms with Crippen LogP contribution in [0.5, 0.6) is 0 Å². The predicted molar refractivity (Wildman–Crippen MR) is 96.0 cm³/mol. The van der Waals surface area contributed by atoms with Crippen molar-refractivity contribution in [2.24, 2.45) is 17.8 Å². The van der Waals surface area contributed by atoms with Gasteiger partial charge in [-0.1, -0.05) is 58.3 Å². The van der Waals surface area contributed by atoms with Crippen LogP contribution in [0.3, 0.4) is 0 Å². The Labute approximate surface area is 137 Å². The van der Waals surface area contributed by atoms with Gasteiger partial charge in [-0.25, -0.2) is 0 Å². The van der Waals surface area contributed by atoms with Crippen molar-refractivity contribution in [1.29, 1.82) is 0 Å². The minimum absolute atomic E-state index is 0.258. The lowest BCUT2D eigenvalue weighted by atomic mass is 9.84. The standard InChI is InChI=1S/C20H36O2/c1-5-7-8-9-10-11-13-19(18(4)12-6-2)15-14-17(3)16-20(21)22/h6,11,13,17-19H,2,5,7-10,12,14-16H2,1,3-4H3,(H,21,22)/t17-,18?,19?/m0/s1. The third kappa shape index (κ3) is 11.6. The summed E-state index contributed by atoms with van der Waals surface area (Å²) in [6, 6.07) is 0. The molecule has 0 aromatic carbocycles. The zero-order chi connectivity index (χ0) is 16.8. The van der Waals surface area contributed by atoms with Gasteiger partial charge in [0.05, 0.1) is 0 Å². The lowest BCUT2D eigenvalue weighted by molar-refractivity contribution is -0.138. The van der Waals surface area contributed by atoms with Gasteiger partial charge in [0.2, 0.25) is 0 Å². The van der Waals surface area contributed by atoms with E-state index in [1.165, 1.54) is 32.1 Å². The molecular weight excluding hydrogens is 272 g/mol. The lowest BCUT2D eigenvalue weighted by Gasteiger charge is -2.21. The molecule has 22 heavy (non-hydrogen) atoms. The molecule has 0 amide bonds. The summed E-state index contributed by atoms with van der Waals surface area (Å²) in [6.45, 7) is 10.4. The van der Waals surface area contributed by atoms with Gasteiger partial charge in [0, 0.05) is 6.42 Å². The molecule has 1 N–H and O–H groups in total. The first-order chi connectivity index (χ1) is 10.5. The molecule has 3 atom stereocenters. The van der Waals surface area contributed by atoms with Crippen molar-refractivity contribution in [2.75, 3.05) is 0 Å². The van der Waals surface area contributed by atoms with Crippen LogP contribution in [-0.2, 0) is 4.79 Å². The number of carboxylic acid groups (broad SMARTS) is 1. The quantitative estimate of drug-likeness (QED) is 0.305. The number of aliphatic carboxylic acids is 1. The van der Waals surface area contributed by atoms with Gasteiger partial charge in [-0.05, 0) is 49.9 Å². The Bertz CT molecular complexity index is 320. The molecule has 0 bridgehead atoms. The highest BCUT2D eigenvalue weighted by atomic mass is 16.4. The summed E-state index contributed by atoms with van der Waals surface area (Å²) in [5.74, 6) is 0.699. The number of hydrogen-bond acceptors (Lipinski definition) is 1. The molecular formula is C20H36O2. The molecule has 0 spiro atoms. The molecule has 0 aliphatic heterocycles. The van der Waals surface area contributed by atoms with Gasteiger partial charge in [0.25, 0.3) is 0 Å². The molecule has 0 fully saturated rings. The second-order valence-corrected chi connectivity index (χ2v) is 6.72. The maximum atomic E-state index is 10.8. The zero-order valence-electron chi connectivity index (χ0n) is 14.9. The first-order valence-electron chi connectivity index (χ1n) is 9.00. The van der Waals surface area contributed by atoms with Crippen molar-refractivity contribution in [1.82, 2.24) is 0 Å². The van der Waals surface area contributed by atoms with E-state index in [-0.39, 0.29) is 12.3 Å². The van der Waals surface area contributed by atoms with E-state index in [2.05, 4.69) is 32.6 Å². The monoisotopic (exact) mass is 308 g/mol. The van der Waals surface area contributed by atoms with Crippen LogP contribution in [0.15, 0.2) is 24.8 Å². The molecule has 0 saturated carbocycles. The van der Waals surface area contributed by atoms with Crippen LogP contribution in [0.4, 0.5) is 0 Å². The third-order valence-electron chi connectivity index (χ3n) is 4.39. The Morgan fingerprint density at radius 2 is 1.91 bits per heavy atom. The molecule has 2 heteroatoms. The second-order valence-electron chi connectivity index (χ2n) is 6.72. The van der Waals surface area contributed by atoms with Crippen LogP contribution >= 0.6 is 0 Å². The number of hydrogen-bond donors (Lipinski definition) is 1. The van der Waals surface area contributed by atoms with Crippen molar-refractivity contribution in [3.05, 3.63) is 24.8 Å². The number of unbranched alkanes of at least 4 members (excludes halogenated alkanes) is 4. The highest BCUT2D eigenvalue weighted by Gasteiger charge is 2.15. The first-order valence-corrected chi connectivity index (χ1v) is 9.00. The minimum atomic E-state index is -0.686. The fourth-order valence-electron chi connectivity index (χ4n) is 2.85. The molecule has 128 valence electrons. The van der Waals surface area contributed by atoms with Gasteiger partial charge in [0.15, 0.2) is 0 Å². The van der Waals surface area contributed by atoms with Crippen LogP contribution in [0.2, 0.25) is 0 Å². The molecule has 2 unspecified atom stereocenters. The van der Waals surface area contributed by atoms with Gasteiger partial charge in [0.1, 0.15) is 0 Å². The summed E-state index contributed by atoms with van der Waals surface area (Å²) >= 11 is 0. The minimum Gasteiger partial charge on any atom is -0.481 e. The Morgan fingerprint density at radius 3 is 2.50 bits per heavy atom. The van der Waals surface area contributed by atoms with E-state index >= 15 is 0 Å². The van der Waals surface area contributed by atoms with E-state index in [1.54, 1.807) is 0 Å². The average molecular weight is 309 g/mol. The molecule has 0 radical (unpaired) electrons. The maximum absolute atomic E-state index is 10.8. The maximum Gasteiger partial charge on any atom is 0.303 e. The number of allylic oxidation sites excluding steroid dienone is 3. The van der Waals surface area contributed by atoms with E-state index in [4.69, 9.17) is 5.11 Å². The molecule has 2 nitrogen and oxygen atoms in total. The fraction of sp³-hybridized carbons (Fsp3) is 0.750. The summed E-state index contributed by atoms with van der Waals surface area (Å²) < 4.78 is 0. The van der Waals surface area contributed by atoms with Crippen molar-refractivity contribution >= 4 is 5.97 Å². The Morgan fingerprint density at radius 1 is 1.18 bits per heavy atom. The largest absolute Gasteiger partial charge is 0.481 e. The van der Waals surface area contributed by atoms with E-state index in [9.17, 15) is 4.79 Å². The van der Waals surface area contributed by atoms with E-state index < -0.39 is 5.97 Å². The molecule has 0 saturated heterocycles. The van der Waals surface area contributed by atoms with Crippen LogP contribution < -0.4 is 0 Å². The summed E-state index contributed by atoms with van der Waals surface area (Å²) in [5.41, 5.74) is 0. The number of carboxylic acids is 1. The van der Waals surface area contributed by atoms with E-state index in [0.717, 1.165) is 19.3 Å². The van der Waals surface area contributed by atoms with Crippen LogP contribution in [0.1, 0.15) is 78.6 Å². The summed E-state index contributed by atoms with van der Waals surface area (Å²) in [5, 5.41) is 8.86. The van der Waals surface area contributed by atoms with Gasteiger partial charge in [-0.3, -0.25) is 4.79 Å². The molecule has 0 aliphatic carbocycles. The summed E-state index contributed by atoms with van der Waals surface area (Å²) in [4.78, 5) is 10.8. The van der Waals surface area contributed by atoms with E-state index in [1.807, 2.05) is 13.0 Å². The highest BCUT2D eigenvalue weighted by molar-refractivity contribution is 5.66. The summed E-state index contributed by atoms with van der Waals surface area (Å²) in [7, 11) is 0. The molecule has 0 heterocycles. The normalized spacial score (nSPS) is 15.6. The Kier molecular flexibility index (Phi) is 13.0. The number of rotatable bonds is 14. The number of carbonyl (C=O) groups is 1. The first kappa shape index (κ1) is 20.9. The summed E-state index contributed by atoms with van der Waals surface area (Å²) in [6.07, 6.45) is 16.5. The van der Waals surface area contributed by atoms with Gasteiger partial charge < -0.3 is 5.11 Å². The Balaban J connectivity index is 4.27. The van der Waals surface area contributed by atoms with Gasteiger partial charge in [-0.2, -0.15) is 0 Å². The van der Waals surface area contributed by atoms with E-state index in [0.29, 0.717) is 11.8 Å². The third-order valence-corrected chi connectivity index (χ3v) is 4.39. The molecule has 0 aliphatic rings. The van der Waals surface area contributed by atoms with Crippen LogP contribution in [0, 0.1) is 17.8 Å². The SMILES string of the molecule is C=CCC(C)C(C=CCCCCCC)CC[C@H](C)CC(=O)O. The molecule has 0 aromatic heterocycles. The smallest absolute Gasteiger partial charge is 0.303 e. The van der Waals surface area contributed by atoms with Crippen LogP contribution in [0.25, 0.3) is 0 Å².